The van der Waals surface area contributed by atoms with Gasteiger partial charge in [-0.3, -0.25) is 10.1 Å². The van der Waals surface area contributed by atoms with Gasteiger partial charge in [0.2, 0.25) is 5.13 Å². The van der Waals surface area contributed by atoms with Crippen molar-refractivity contribution in [2.24, 2.45) is 5.92 Å². The average molecular weight is 413 g/mol. The summed E-state index contributed by atoms with van der Waals surface area (Å²) in [5, 5.41) is 2.88. The predicted octanol–water partition coefficient (Wildman–Crippen LogP) is 3.05. The Labute approximate surface area is 159 Å². The lowest BCUT2D eigenvalue weighted by Gasteiger charge is -2.11. The standard InChI is InChI=1S/C17H17F2N3O3S2/c1-27(24,25)12-4-2-11(3-5-12)13(6-10-7-14(18)15(19)8-10)16(23)22-17-20-9-21-26-17/h2-6,9-10,14-15H,7-8H2,1H3,(H,20,21,22,23)/t10?,14-,15+. The maximum Gasteiger partial charge on any atom is 0.257 e. The van der Waals surface area contributed by atoms with Crippen LogP contribution in [0, 0.1) is 5.92 Å². The number of halogens is 2. The fraction of sp³-hybridized carbons (Fsp3) is 0.353. The lowest BCUT2D eigenvalue weighted by molar-refractivity contribution is -0.111. The minimum Gasteiger partial charge on any atom is -0.297 e. The minimum atomic E-state index is -3.38. The van der Waals surface area contributed by atoms with Crippen LogP contribution in [0.25, 0.3) is 5.57 Å². The summed E-state index contributed by atoms with van der Waals surface area (Å²) in [6, 6.07) is 5.77. The van der Waals surface area contributed by atoms with Gasteiger partial charge in [-0.25, -0.2) is 22.2 Å². The van der Waals surface area contributed by atoms with Crippen LogP contribution in [0.15, 0.2) is 41.6 Å². The van der Waals surface area contributed by atoms with Gasteiger partial charge in [0.15, 0.2) is 9.84 Å². The number of alkyl halides is 2. The van der Waals surface area contributed by atoms with Gasteiger partial charge in [0.25, 0.3) is 5.91 Å². The van der Waals surface area contributed by atoms with E-state index in [0.29, 0.717) is 5.56 Å². The number of carbonyl (C=O) groups excluding carboxylic acids is 1. The highest BCUT2D eigenvalue weighted by Crippen LogP contribution is 2.34. The molecule has 1 aromatic carbocycles. The number of benzene rings is 1. The van der Waals surface area contributed by atoms with Gasteiger partial charge in [-0.05, 0) is 36.5 Å². The average Bonchev–Trinajstić information content (AvgIpc) is 3.22. The summed E-state index contributed by atoms with van der Waals surface area (Å²) in [6.45, 7) is 0. The maximum atomic E-state index is 13.5. The molecule has 0 saturated heterocycles. The largest absolute Gasteiger partial charge is 0.297 e. The van der Waals surface area contributed by atoms with Gasteiger partial charge in [0, 0.05) is 23.4 Å². The van der Waals surface area contributed by atoms with Crippen LogP contribution in [-0.4, -0.2) is 42.3 Å². The second-order valence-electron chi connectivity index (χ2n) is 6.34. The molecular weight excluding hydrogens is 396 g/mol. The summed E-state index contributed by atoms with van der Waals surface area (Å²) in [5.41, 5.74) is 0.652. The topological polar surface area (TPSA) is 89.0 Å². The number of nitrogens with one attached hydrogen (secondary N) is 1. The Hall–Kier alpha value is -2.20. The van der Waals surface area contributed by atoms with Gasteiger partial charge in [0.1, 0.15) is 18.7 Å². The van der Waals surface area contributed by atoms with E-state index in [4.69, 9.17) is 0 Å². The first-order valence-electron chi connectivity index (χ1n) is 8.12. The molecule has 3 atom stereocenters. The molecule has 3 rings (SSSR count). The summed E-state index contributed by atoms with van der Waals surface area (Å²) in [6.07, 6.45) is 0.817. The fourth-order valence-corrected chi connectivity index (χ4v) is 3.98. The molecule has 1 fully saturated rings. The SMILES string of the molecule is CS(=O)(=O)c1ccc(C(=CC2C[C@@H](F)[C@@H](F)C2)C(=O)Nc2ncns2)cc1. The van der Waals surface area contributed by atoms with Gasteiger partial charge in [-0.15, -0.1) is 0 Å². The molecule has 1 amide bonds. The third-order valence-corrected chi connectivity index (χ3v) is 5.98. The smallest absolute Gasteiger partial charge is 0.257 e. The van der Waals surface area contributed by atoms with E-state index in [1.54, 1.807) is 0 Å². The molecule has 0 radical (unpaired) electrons. The summed E-state index contributed by atoms with van der Waals surface area (Å²) >= 11 is 0.994. The molecule has 1 aliphatic rings. The number of carbonyl (C=O) groups is 1. The Balaban J connectivity index is 1.93. The lowest BCUT2D eigenvalue weighted by Crippen LogP contribution is -2.14. The van der Waals surface area contributed by atoms with Gasteiger partial charge < -0.3 is 0 Å². The number of aromatic nitrogens is 2. The molecule has 6 nitrogen and oxygen atoms in total. The lowest BCUT2D eigenvalue weighted by atomic mass is 9.98. The van der Waals surface area contributed by atoms with Crippen LogP contribution in [0.4, 0.5) is 13.9 Å². The molecule has 10 heteroatoms. The van der Waals surface area contributed by atoms with Crippen molar-refractivity contribution in [3.8, 4) is 0 Å². The molecule has 27 heavy (non-hydrogen) atoms. The number of allylic oxidation sites excluding steroid dienone is 1. The molecule has 0 bridgehead atoms. The highest BCUT2D eigenvalue weighted by molar-refractivity contribution is 7.90. The Morgan fingerprint density at radius 2 is 1.85 bits per heavy atom. The second-order valence-corrected chi connectivity index (χ2v) is 9.14. The molecule has 2 aromatic rings. The van der Waals surface area contributed by atoms with Crippen molar-refractivity contribution in [1.82, 2.24) is 9.36 Å². The summed E-state index contributed by atoms with van der Waals surface area (Å²) < 4.78 is 54.1. The molecule has 1 aromatic heterocycles. The van der Waals surface area contributed by atoms with Crippen molar-refractivity contribution in [2.45, 2.75) is 30.1 Å². The summed E-state index contributed by atoms with van der Waals surface area (Å²) in [4.78, 5) is 16.7. The number of anilines is 1. The van der Waals surface area contributed by atoms with Crippen molar-refractivity contribution in [1.29, 1.82) is 0 Å². The quantitative estimate of drug-likeness (QED) is 0.761. The number of sulfone groups is 1. The third-order valence-electron chi connectivity index (χ3n) is 4.27. The number of hydrogen-bond donors (Lipinski definition) is 1. The summed E-state index contributed by atoms with van der Waals surface area (Å²) in [5.74, 6) is -0.934. The number of rotatable bonds is 5. The van der Waals surface area contributed by atoms with E-state index in [-0.39, 0.29) is 28.4 Å². The van der Waals surface area contributed by atoms with Gasteiger partial charge in [-0.2, -0.15) is 4.37 Å². The highest BCUT2D eigenvalue weighted by Gasteiger charge is 2.34. The molecule has 144 valence electrons. The van der Waals surface area contributed by atoms with E-state index >= 15 is 0 Å². The van der Waals surface area contributed by atoms with Crippen molar-refractivity contribution in [3.63, 3.8) is 0 Å². The predicted molar refractivity (Wildman–Crippen MR) is 98.6 cm³/mol. The van der Waals surface area contributed by atoms with Crippen LogP contribution >= 0.6 is 11.5 Å². The van der Waals surface area contributed by atoms with E-state index in [1.807, 2.05) is 0 Å². The van der Waals surface area contributed by atoms with Crippen molar-refractivity contribution < 1.29 is 22.0 Å². The highest BCUT2D eigenvalue weighted by atomic mass is 32.2. The first kappa shape index (κ1) is 19.6. The van der Waals surface area contributed by atoms with Crippen LogP contribution in [0.3, 0.4) is 0 Å². The van der Waals surface area contributed by atoms with Crippen LogP contribution in [-0.2, 0) is 14.6 Å². The zero-order valence-electron chi connectivity index (χ0n) is 14.3. The second kappa shape index (κ2) is 7.81. The Bertz CT molecular complexity index is 934. The van der Waals surface area contributed by atoms with Gasteiger partial charge in [-0.1, -0.05) is 18.2 Å². The van der Waals surface area contributed by atoms with E-state index in [9.17, 15) is 22.0 Å². The van der Waals surface area contributed by atoms with Crippen LogP contribution < -0.4 is 5.32 Å². The monoisotopic (exact) mass is 413 g/mol. The zero-order chi connectivity index (χ0) is 19.6. The van der Waals surface area contributed by atoms with E-state index in [1.165, 1.54) is 36.7 Å². The van der Waals surface area contributed by atoms with Crippen LogP contribution in [0.1, 0.15) is 18.4 Å². The molecule has 1 aliphatic carbocycles. The van der Waals surface area contributed by atoms with E-state index < -0.39 is 34.0 Å². The molecule has 1 saturated carbocycles. The Kier molecular flexibility index (Phi) is 5.66. The molecule has 1 N–H and O–H groups in total. The number of nitrogens with zero attached hydrogens (tertiary/aromatic N) is 2. The first-order chi connectivity index (χ1) is 12.7. The van der Waals surface area contributed by atoms with Crippen molar-refractivity contribution in [2.75, 3.05) is 11.6 Å². The summed E-state index contributed by atoms with van der Waals surface area (Å²) in [7, 11) is -3.38. The van der Waals surface area contributed by atoms with Crippen LogP contribution in [0.5, 0.6) is 0 Å². The maximum absolute atomic E-state index is 13.5. The minimum absolute atomic E-state index is 0.00181. The van der Waals surface area contributed by atoms with E-state index in [0.717, 1.165) is 17.8 Å². The molecule has 1 heterocycles. The fourth-order valence-electron chi connectivity index (χ4n) is 2.92. The third kappa shape index (κ3) is 4.75. The Morgan fingerprint density at radius 1 is 1.22 bits per heavy atom. The van der Waals surface area contributed by atoms with Crippen LogP contribution in [0.2, 0.25) is 0 Å². The van der Waals surface area contributed by atoms with Gasteiger partial charge in [0.05, 0.1) is 4.90 Å². The molecule has 0 spiro atoms. The number of hydrogen-bond acceptors (Lipinski definition) is 6. The van der Waals surface area contributed by atoms with E-state index in [2.05, 4.69) is 14.7 Å². The zero-order valence-corrected chi connectivity index (χ0v) is 15.9. The normalized spacial score (nSPS) is 23.4. The van der Waals surface area contributed by atoms with Gasteiger partial charge >= 0.3 is 0 Å². The molecular formula is C17H17F2N3O3S2. The molecule has 0 aliphatic heterocycles. The van der Waals surface area contributed by atoms with Crippen molar-refractivity contribution in [3.05, 3.63) is 42.2 Å². The van der Waals surface area contributed by atoms with Crippen molar-refractivity contribution >= 4 is 38.0 Å². The molecule has 1 unspecified atom stereocenters. The number of amides is 1. The first-order valence-corrected chi connectivity index (χ1v) is 10.8. The Morgan fingerprint density at radius 3 is 2.37 bits per heavy atom.